The van der Waals surface area contributed by atoms with Crippen LogP contribution in [-0.4, -0.2) is 29.9 Å². The molecule has 0 atom stereocenters. The monoisotopic (exact) mass is 844 g/mol. The van der Waals surface area contributed by atoms with Gasteiger partial charge in [0.05, 0.1) is 22.8 Å². The highest BCUT2D eigenvalue weighted by atomic mass is 15.0. The number of pyridine rings is 1. The molecule has 0 saturated heterocycles. The average Bonchev–Trinajstić information content (AvgIpc) is 3.42. The summed E-state index contributed by atoms with van der Waals surface area (Å²) in [6.07, 6.45) is 0. The van der Waals surface area contributed by atoms with E-state index in [1.54, 1.807) is 0 Å². The van der Waals surface area contributed by atoms with Crippen LogP contribution in [-0.2, 0) is 0 Å². The molecule has 3 heterocycles. The third-order valence-electron chi connectivity index (χ3n) is 11.6. The maximum Gasteiger partial charge on any atom is 0.164 e. The summed E-state index contributed by atoms with van der Waals surface area (Å²) in [4.78, 5) is 29.8. The first-order valence-electron chi connectivity index (χ1n) is 21.9. The van der Waals surface area contributed by atoms with Gasteiger partial charge in [-0.05, 0) is 52.6 Å². The predicted octanol–water partition coefficient (Wildman–Crippen LogP) is 14.7. The van der Waals surface area contributed by atoms with Crippen molar-refractivity contribution in [2.45, 2.75) is 0 Å². The summed E-state index contributed by atoms with van der Waals surface area (Å²) in [6.45, 7) is 0. The minimum Gasteiger partial charge on any atom is -0.248 e. The standard InChI is InChI=1S/C60H40N6/c1-5-16-43(17-6-1)55-40-56(63-57(62-55)45-18-7-2-8-19-45)44-34-30-41(31-35-44)49-24-13-26-51(38-49)53-28-15-29-54(61-53)52-27-14-25-50(39-52)42-32-36-48(37-33-42)60-65-58(46-20-9-3-10-21-46)64-59(66-60)47-22-11-4-12-23-47/h1-40H. The van der Waals surface area contributed by atoms with Crippen molar-refractivity contribution in [3.8, 4) is 113 Å². The lowest BCUT2D eigenvalue weighted by molar-refractivity contribution is 1.07. The van der Waals surface area contributed by atoms with E-state index in [4.69, 9.17) is 29.9 Å². The first kappa shape index (κ1) is 39.8. The maximum atomic E-state index is 5.19. The molecule has 0 saturated carbocycles. The van der Waals surface area contributed by atoms with Crippen LogP contribution in [0.3, 0.4) is 0 Å². The molecule has 0 radical (unpaired) electrons. The van der Waals surface area contributed by atoms with Gasteiger partial charge >= 0.3 is 0 Å². The number of hydrogen-bond donors (Lipinski definition) is 0. The van der Waals surface area contributed by atoms with Crippen molar-refractivity contribution in [2.24, 2.45) is 0 Å². The van der Waals surface area contributed by atoms with E-state index < -0.39 is 0 Å². The number of hydrogen-bond acceptors (Lipinski definition) is 6. The van der Waals surface area contributed by atoms with Crippen molar-refractivity contribution in [2.75, 3.05) is 0 Å². The van der Waals surface area contributed by atoms with E-state index in [1.807, 2.05) is 97.1 Å². The van der Waals surface area contributed by atoms with E-state index in [9.17, 15) is 0 Å². The Morgan fingerprint density at radius 3 is 0.864 bits per heavy atom. The van der Waals surface area contributed by atoms with Crippen LogP contribution in [0.1, 0.15) is 0 Å². The summed E-state index contributed by atoms with van der Waals surface area (Å²) in [7, 11) is 0. The fraction of sp³-hybridized carbons (Fsp3) is 0. The van der Waals surface area contributed by atoms with Gasteiger partial charge in [0.15, 0.2) is 23.3 Å². The highest BCUT2D eigenvalue weighted by Crippen LogP contribution is 2.33. The molecule has 0 bridgehead atoms. The van der Waals surface area contributed by atoms with Gasteiger partial charge in [0.1, 0.15) is 0 Å². The molecule has 0 aliphatic heterocycles. The van der Waals surface area contributed by atoms with Gasteiger partial charge < -0.3 is 0 Å². The fourth-order valence-corrected chi connectivity index (χ4v) is 8.12. The molecule has 310 valence electrons. The molecule has 0 unspecified atom stereocenters. The van der Waals surface area contributed by atoms with Gasteiger partial charge in [0.2, 0.25) is 0 Å². The van der Waals surface area contributed by atoms with Gasteiger partial charge in [-0.3, -0.25) is 0 Å². The summed E-state index contributed by atoms with van der Waals surface area (Å²) < 4.78 is 0. The SMILES string of the molecule is c1ccc(-c2cc(-c3ccc(-c4cccc(-c5cccc(-c6cccc(-c7ccc(-c8nc(-c9ccccc9)nc(-c9ccccc9)n8)cc7)c6)n5)c4)cc3)nc(-c3ccccc3)n2)cc1. The van der Waals surface area contributed by atoms with Gasteiger partial charge in [0.25, 0.3) is 0 Å². The average molecular weight is 845 g/mol. The number of rotatable bonds is 10. The number of benzene rings is 8. The first-order valence-corrected chi connectivity index (χ1v) is 21.9. The molecule has 8 aromatic carbocycles. The second-order valence-corrected chi connectivity index (χ2v) is 16.0. The molecule has 0 aliphatic rings. The molecule has 0 fully saturated rings. The van der Waals surface area contributed by atoms with Crippen molar-refractivity contribution < 1.29 is 0 Å². The lowest BCUT2D eigenvalue weighted by Crippen LogP contribution is -2.00. The van der Waals surface area contributed by atoms with Crippen LogP contribution in [0, 0.1) is 0 Å². The molecule has 0 amide bonds. The third-order valence-corrected chi connectivity index (χ3v) is 11.6. The van der Waals surface area contributed by atoms with Gasteiger partial charge in [-0.1, -0.05) is 212 Å². The Morgan fingerprint density at radius 2 is 0.439 bits per heavy atom. The minimum absolute atomic E-state index is 0.627. The highest BCUT2D eigenvalue weighted by molar-refractivity contribution is 5.78. The molecule has 0 spiro atoms. The second kappa shape index (κ2) is 18.0. The zero-order valence-electron chi connectivity index (χ0n) is 35.8. The van der Waals surface area contributed by atoms with Gasteiger partial charge in [-0.2, -0.15) is 0 Å². The van der Waals surface area contributed by atoms with E-state index in [-0.39, 0.29) is 0 Å². The maximum absolute atomic E-state index is 5.19. The van der Waals surface area contributed by atoms with Crippen molar-refractivity contribution in [3.63, 3.8) is 0 Å². The lowest BCUT2D eigenvalue weighted by atomic mass is 9.98. The van der Waals surface area contributed by atoms with Gasteiger partial charge in [0, 0.05) is 44.5 Å². The smallest absolute Gasteiger partial charge is 0.164 e. The van der Waals surface area contributed by atoms with Gasteiger partial charge in [-0.25, -0.2) is 29.9 Å². The summed E-state index contributed by atoms with van der Waals surface area (Å²) in [5.41, 5.74) is 15.9. The van der Waals surface area contributed by atoms with Crippen LogP contribution in [0.25, 0.3) is 113 Å². The van der Waals surface area contributed by atoms with Crippen molar-refractivity contribution in [3.05, 3.63) is 243 Å². The zero-order chi connectivity index (χ0) is 44.1. The van der Waals surface area contributed by atoms with E-state index in [0.717, 1.165) is 89.5 Å². The minimum atomic E-state index is 0.627. The van der Waals surface area contributed by atoms with Crippen LogP contribution in [0.2, 0.25) is 0 Å². The molecule has 0 N–H and O–H groups in total. The number of aromatic nitrogens is 6. The van der Waals surface area contributed by atoms with Crippen LogP contribution in [0.5, 0.6) is 0 Å². The Kier molecular flexibility index (Phi) is 10.9. The largest absolute Gasteiger partial charge is 0.248 e. The molecule has 11 rings (SSSR count). The third kappa shape index (κ3) is 8.54. The molecular formula is C60H40N6. The molecule has 66 heavy (non-hydrogen) atoms. The molecule has 0 aliphatic carbocycles. The van der Waals surface area contributed by atoms with Crippen LogP contribution in [0.15, 0.2) is 243 Å². The molecule has 11 aromatic rings. The van der Waals surface area contributed by atoms with Gasteiger partial charge in [-0.15, -0.1) is 0 Å². The van der Waals surface area contributed by atoms with E-state index >= 15 is 0 Å². The normalized spacial score (nSPS) is 11.0. The second-order valence-electron chi connectivity index (χ2n) is 16.0. The van der Waals surface area contributed by atoms with Crippen molar-refractivity contribution >= 4 is 0 Å². The Balaban J connectivity index is 0.845. The lowest BCUT2D eigenvalue weighted by Gasteiger charge is -2.11. The van der Waals surface area contributed by atoms with Crippen LogP contribution >= 0.6 is 0 Å². The summed E-state index contributed by atoms with van der Waals surface area (Å²) in [5.74, 6) is 2.61. The Morgan fingerprint density at radius 1 is 0.152 bits per heavy atom. The number of nitrogens with zero attached hydrogens (tertiary/aromatic N) is 6. The molecule has 3 aromatic heterocycles. The quantitative estimate of drug-likeness (QED) is 0.136. The van der Waals surface area contributed by atoms with E-state index in [1.165, 1.54) is 0 Å². The summed E-state index contributed by atoms with van der Waals surface area (Å²) >= 11 is 0. The Bertz CT molecular complexity index is 3090. The van der Waals surface area contributed by atoms with E-state index in [0.29, 0.717) is 23.3 Å². The predicted molar refractivity (Wildman–Crippen MR) is 268 cm³/mol. The molecule has 6 nitrogen and oxygen atoms in total. The van der Waals surface area contributed by atoms with Crippen molar-refractivity contribution in [1.29, 1.82) is 0 Å². The first-order chi connectivity index (χ1) is 32.7. The zero-order valence-corrected chi connectivity index (χ0v) is 35.8. The van der Waals surface area contributed by atoms with Crippen LogP contribution < -0.4 is 0 Å². The van der Waals surface area contributed by atoms with Crippen LogP contribution in [0.4, 0.5) is 0 Å². The van der Waals surface area contributed by atoms with Crippen molar-refractivity contribution in [1.82, 2.24) is 29.9 Å². The summed E-state index contributed by atoms with van der Waals surface area (Å²) in [6, 6.07) is 83.0. The molecule has 6 heteroatoms. The van der Waals surface area contributed by atoms with E-state index in [2.05, 4.69) is 146 Å². The highest BCUT2D eigenvalue weighted by Gasteiger charge is 2.14. The fourth-order valence-electron chi connectivity index (χ4n) is 8.12. The Labute approximate surface area is 383 Å². The molecular weight excluding hydrogens is 805 g/mol. The Hall–Kier alpha value is -9.00. The summed E-state index contributed by atoms with van der Waals surface area (Å²) in [5, 5.41) is 0. The topological polar surface area (TPSA) is 77.3 Å².